The van der Waals surface area contributed by atoms with Crippen molar-refractivity contribution in [3.63, 3.8) is 0 Å². The van der Waals surface area contributed by atoms with E-state index in [9.17, 15) is 0 Å². The Bertz CT molecular complexity index is 269. The van der Waals surface area contributed by atoms with Crippen molar-refractivity contribution in [2.75, 3.05) is 19.6 Å². The van der Waals surface area contributed by atoms with Gasteiger partial charge in [0.05, 0.1) is 0 Å². The van der Waals surface area contributed by atoms with Gasteiger partial charge in [-0.2, -0.15) is 0 Å². The molecule has 1 atom stereocenters. The summed E-state index contributed by atoms with van der Waals surface area (Å²) in [5.74, 6) is 0. The lowest BCUT2D eigenvalue weighted by molar-refractivity contribution is 0.0522. The maximum Gasteiger partial charge on any atom is 0.00928 e. The van der Waals surface area contributed by atoms with E-state index in [1.807, 2.05) is 0 Å². The number of piperidine rings is 1. The summed E-state index contributed by atoms with van der Waals surface area (Å²) in [5.41, 5.74) is 0.563. The van der Waals surface area contributed by atoms with Gasteiger partial charge in [0, 0.05) is 25.2 Å². The molecule has 2 heteroatoms. The third kappa shape index (κ3) is 4.46. The summed E-state index contributed by atoms with van der Waals surface area (Å²) in [6, 6.07) is 1.48. The molecule has 118 valence electrons. The first-order chi connectivity index (χ1) is 9.65. The predicted octanol–water partition coefficient (Wildman–Crippen LogP) is 4.20. The van der Waals surface area contributed by atoms with Gasteiger partial charge in [-0.1, -0.05) is 46.5 Å². The van der Waals surface area contributed by atoms with Crippen LogP contribution >= 0.6 is 0 Å². The normalized spacial score (nSPS) is 27.9. The molecule has 0 aromatic heterocycles. The van der Waals surface area contributed by atoms with Crippen LogP contribution in [0.5, 0.6) is 0 Å². The SMILES string of the molecule is CCC1CCCCN1CC1(CNC(C)C)CCCCC1. The number of hydrogen-bond donors (Lipinski definition) is 1. The molecule has 0 amide bonds. The van der Waals surface area contributed by atoms with Crippen molar-refractivity contribution in [2.24, 2.45) is 5.41 Å². The van der Waals surface area contributed by atoms with E-state index in [0.717, 1.165) is 6.04 Å². The quantitative estimate of drug-likeness (QED) is 0.784. The van der Waals surface area contributed by atoms with Crippen molar-refractivity contribution in [1.82, 2.24) is 10.2 Å². The van der Waals surface area contributed by atoms with Gasteiger partial charge in [0.2, 0.25) is 0 Å². The number of hydrogen-bond acceptors (Lipinski definition) is 2. The second kappa shape index (κ2) is 7.79. The highest BCUT2D eigenvalue weighted by atomic mass is 15.2. The summed E-state index contributed by atoms with van der Waals surface area (Å²) in [4.78, 5) is 2.84. The molecule has 20 heavy (non-hydrogen) atoms. The Kier molecular flexibility index (Phi) is 6.35. The van der Waals surface area contributed by atoms with Gasteiger partial charge in [0.1, 0.15) is 0 Å². The lowest BCUT2D eigenvalue weighted by Crippen LogP contribution is -2.50. The highest BCUT2D eigenvalue weighted by Gasteiger charge is 2.35. The van der Waals surface area contributed by atoms with Crippen LogP contribution in [-0.4, -0.2) is 36.6 Å². The average molecular weight is 281 g/mol. The largest absolute Gasteiger partial charge is 0.314 e. The monoisotopic (exact) mass is 280 g/mol. The van der Waals surface area contributed by atoms with Crippen molar-refractivity contribution in [3.8, 4) is 0 Å². The average Bonchev–Trinajstić information content (AvgIpc) is 2.47. The van der Waals surface area contributed by atoms with E-state index in [-0.39, 0.29) is 0 Å². The van der Waals surface area contributed by atoms with Crippen LogP contribution in [-0.2, 0) is 0 Å². The number of nitrogens with zero attached hydrogens (tertiary/aromatic N) is 1. The van der Waals surface area contributed by atoms with E-state index in [0.29, 0.717) is 11.5 Å². The molecule has 1 aliphatic carbocycles. The summed E-state index contributed by atoms with van der Waals surface area (Å²) in [6.45, 7) is 10.9. The fourth-order valence-electron chi connectivity index (χ4n) is 4.27. The van der Waals surface area contributed by atoms with Gasteiger partial charge in [-0.3, -0.25) is 4.90 Å². The zero-order valence-corrected chi connectivity index (χ0v) is 14.1. The molecule has 2 aliphatic rings. The highest BCUT2D eigenvalue weighted by molar-refractivity contribution is 4.90. The van der Waals surface area contributed by atoms with Gasteiger partial charge in [-0.05, 0) is 44.1 Å². The molecule has 1 saturated carbocycles. The van der Waals surface area contributed by atoms with Crippen molar-refractivity contribution in [1.29, 1.82) is 0 Å². The Hall–Kier alpha value is -0.0800. The van der Waals surface area contributed by atoms with Gasteiger partial charge in [-0.15, -0.1) is 0 Å². The van der Waals surface area contributed by atoms with Crippen molar-refractivity contribution < 1.29 is 0 Å². The molecule has 1 unspecified atom stereocenters. The minimum atomic E-state index is 0.563. The zero-order chi connectivity index (χ0) is 14.4. The van der Waals surface area contributed by atoms with Crippen LogP contribution in [0, 0.1) is 5.41 Å². The number of likely N-dealkylation sites (tertiary alicyclic amines) is 1. The first kappa shape index (κ1) is 16.3. The Morgan fingerprint density at radius 2 is 1.85 bits per heavy atom. The minimum Gasteiger partial charge on any atom is -0.314 e. The van der Waals surface area contributed by atoms with Gasteiger partial charge >= 0.3 is 0 Å². The van der Waals surface area contributed by atoms with Crippen LogP contribution in [0.25, 0.3) is 0 Å². The van der Waals surface area contributed by atoms with Crippen LogP contribution in [0.2, 0.25) is 0 Å². The van der Waals surface area contributed by atoms with E-state index < -0.39 is 0 Å². The Labute approximate surface area is 126 Å². The lowest BCUT2D eigenvalue weighted by Gasteiger charge is -2.45. The van der Waals surface area contributed by atoms with Gasteiger partial charge < -0.3 is 5.32 Å². The minimum absolute atomic E-state index is 0.563. The van der Waals surface area contributed by atoms with Gasteiger partial charge in [0.25, 0.3) is 0 Å². The summed E-state index contributed by atoms with van der Waals surface area (Å²) < 4.78 is 0. The molecule has 1 aliphatic heterocycles. The van der Waals surface area contributed by atoms with E-state index in [4.69, 9.17) is 0 Å². The molecule has 1 heterocycles. The van der Waals surface area contributed by atoms with E-state index in [1.165, 1.54) is 77.4 Å². The Morgan fingerprint density at radius 3 is 2.50 bits per heavy atom. The summed E-state index contributed by atoms with van der Waals surface area (Å²) in [5, 5.41) is 3.75. The van der Waals surface area contributed by atoms with Crippen LogP contribution in [0.3, 0.4) is 0 Å². The molecule has 0 radical (unpaired) electrons. The fraction of sp³-hybridized carbons (Fsp3) is 1.00. The second-order valence-corrected chi connectivity index (χ2v) is 7.62. The summed E-state index contributed by atoms with van der Waals surface area (Å²) in [7, 11) is 0. The molecule has 0 spiro atoms. The van der Waals surface area contributed by atoms with Gasteiger partial charge in [0.15, 0.2) is 0 Å². The van der Waals surface area contributed by atoms with E-state index in [1.54, 1.807) is 0 Å². The zero-order valence-electron chi connectivity index (χ0n) is 14.1. The highest BCUT2D eigenvalue weighted by Crippen LogP contribution is 2.38. The van der Waals surface area contributed by atoms with Crippen LogP contribution < -0.4 is 5.32 Å². The van der Waals surface area contributed by atoms with E-state index in [2.05, 4.69) is 31.0 Å². The molecular formula is C18H36N2. The molecule has 2 nitrogen and oxygen atoms in total. The standard InChI is InChI=1S/C18H36N2/c1-4-17-10-6-9-13-20(17)15-18(14-19-16(2)3)11-7-5-8-12-18/h16-17,19H,4-15H2,1-3H3. The van der Waals surface area contributed by atoms with Crippen LogP contribution in [0.15, 0.2) is 0 Å². The van der Waals surface area contributed by atoms with Crippen LogP contribution in [0.4, 0.5) is 0 Å². The summed E-state index contributed by atoms with van der Waals surface area (Å²) >= 11 is 0. The molecule has 2 fully saturated rings. The predicted molar refractivity (Wildman–Crippen MR) is 88.2 cm³/mol. The van der Waals surface area contributed by atoms with Crippen LogP contribution in [0.1, 0.15) is 78.6 Å². The first-order valence-corrected chi connectivity index (χ1v) is 9.13. The molecule has 1 N–H and O–H groups in total. The van der Waals surface area contributed by atoms with Gasteiger partial charge in [-0.25, -0.2) is 0 Å². The second-order valence-electron chi connectivity index (χ2n) is 7.62. The molecule has 1 saturated heterocycles. The molecule has 0 aromatic carbocycles. The van der Waals surface area contributed by atoms with Crippen molar-refractivity contribution in [2.45, 2.75) is 90.6 Å². The van der Waals surface area contributed by atoms with E-state index >= 15 is 0 Å². The number of nitrogens with one attached hydrogen (secondary N) is 1. The van der Waals surface area contributed by atoms with Crippen molar-refractivity contribution in [3.05, 3.63) is 0 Å². The molecule has 0 aromatic rings. The Balaban J connectivity index is 1.98. The Morgan fingerprint density at radius 1 is 1.10 bits per heavy atom. The third-order valence-electron chi connectivity index (χ3n) is 5.56. The first-order valence-electron chi connectivity index (χ1n) is 9.13. The lowest BCUT2D eigenvalue weighted by atomic mass is 9.73. The smallest absolute Gasteiger partial charge is 0.00928 e. The molecule has 2 rings (SSSR count). The maximum atomic E-state index is 3.75. The topological polar surface area (TPSA) is 15.3 Å². The molecular weight excluding hydrogens is 244 g/mol. The summed E-state index contributed by atoms with van der Waals surface area (Å²) in [6.07, 6.45) is 12.9. The third-order valence-corrected chi connectivity index (χ3v) is 5.56. The molecule has 0 bridgehead atoms. The maximum absolute atomic E-state index is 3.75. The number of rotatable bonds is 6. The van der Waals surface area contributed by atoms with Crippen molar-refractivity contribution >= 4 is 0 Å². The fourth-order valence-corrected chi connectivity index (χ4v) is 4.27.